The molecule has 4 heteroatoms. The van der Waals surface area contributed by atoms with E-state index in [1.807, 2.05) is 13.0 Å². The molecular weight excluding hydrogens is 302 g/mol. The molecule has 1 aromatic carbocycles. The fraction of sp³-hybridized carbons (Fsp3) is 0.700. The third kappa shape index (κ3) is 2.91. The van der Waals surface area contributed by atoms with E-state index in [0.717, 1.165) is 37.3 Å². The van der Waals surface area contributed by atoms with Crippen molar-refractivity contribution in [1.82, 2.24) is 5.32 Å². The maximum absolute atomic E-state index is 10.9. The topological polar surface area (TPSA) is 50.7 Å². The molecule has 4 fully saturated rings. The molecule has 4 aliphatic rings. The van der Waals surface area contributed by atoms with Crippen LogP contribution < -0.4 is 14.8 Å². The first-order valence-corrected chi connectivity index (χ1v) is 9.30. The number of hydrogen-bond donors (Lipinski definition) is 2. The van der Waals surface area contributed by atoms with Gasteiger partial charge >= 0.3 is 0 Å². The lowest BCUT2D eigenvalue weighted by Gasteiger charge is -2.60. The van der Waals surface area contributed by atoms with Gasteiger partial charge in [0.15, 0.2) is 11.5 Å². The summed E-state index contributed by atoms with van der Waals surface area (Å²) in [4.78, 5) is 0. The second-order valence-electron chi connectivity index (χ2n) is 8.24. The SMILES string of the molecule is CCOc1cc(CNC23CC4CC(CC(O)(C4)C2)C3)ccc1OC. The molecule has 0 saturated heterocycles. The first kappa shape index (κ1) is 16.2. The van der Waals surface area contributed by atoms with Gasteiger partial charge in [0.25, 0.3) is 0 Å². The smallest absolute Gasteiger partial charge is 0.161 e. The predicted octanol–water partition coefficient (Wildman–Crippen LogP) is 3.27. The van der Waals surface area contributed by atoms with Crippen molar-refractivity contribution in [2.75, 3.05) is 13.7 Å². The Morgan fingerprint density at radius 2 is 1.92 bits per heavy atom. The number of ether oxygens (including phenoxy) is 2. The van der Waals surface area contributed by atoms with Crippen LogP contribution in [-0.4, -0.2) is 30.0 Å². The van der Waals surface area contributed by atoms with Crippen molar-refractivity contribution >= 4 is 0 Å². The van der Waals surface area contributed by atoms with E-state index in [-0.39, 0.29) is 5.54 Å². The Labute approximate surface area is 144 Å². The second-order valence-corrected chi connectivity index (χ2v) is 8.24. The van der Waals surface area contributed by atoms with Gasteiger partial charge in [0.2, 0.25) is 0 Å². The van der Waals surface area contributed by atoms with E-state index in [1.165, 1.54) is 24.8 Å². The lowest BCUT2D eigenvalue weighted by molar-refractivity contribution is -0.142. The Morgan fingerprint density at radius 1 is 1.17 bits per heavy atom. The van der Waals surface area contributed by atoms with Gasteiger partial charge in [-0.1, -0.05) is 6.07 Å². The monoisotopic (exact) mass is 331 g/mol. The molecule has 0 heterocycles. The first-order chi connectivity index (χ1) is 11.5. The van der Waals surface area contributed by atoms with Gasteiger partial charge in [-0.25, -0.2) is 0 Å². The fourth-order valence-electron chi connectivity index (χ4n) is 5.81. The summed E-state index contributed by atoms with van der Waals surface area (Å²) in [6.45, 7) is 3.44. The summed E-state index contributed by atoms with van der Waals surface area (Å²) in [6.07, 6.45) is 6.72. The molecule has 1 aromatic rings. The van der Waals surface area contributed by atoms with Crippen LogP contribution in [0.1, 0.15) is 51.0 Å². The number of methoxy groups -OCH3 is 1. The summed E-state index contributed by atoms with van der Waals surface area (Å²) in [5.41, 5.74) is 0.930. The quantitative estimate of drug-likeness (QED) is 0.840. The Morgan fingerprint density at radius 3 is 2.54 bits per heavy atom. The molecule has 0 amide bonds. The van der Waals surface area contributed by atoms with E-state index in [9.17, 15) is 5.11 Å². The summed E-state index contributed by atoms with van der Waals surface area (Å²) < 4.78 is 11.1. The average molecular weight is 331 g/mol. The first-order valence-electron chi connectivity index (χ1n) is 9.30. The average Bonchev–Trinajstić information content (AvgIpc) is 2.51. The van der Waals surface area contributed by atoms with Crippen molar-refractivity contribution in [3.05, 3.63) is 23.8 Å². The predicted molar refractivity (Wildman–Crippen MR) is 93.4 cm³/mol. The van der Waals surface area contributed by atoms with Crippen LogP contribution in [0, 0.1) is 11.8 Å². The van der Waals surface area contributed by atoms with Gasteiger partial charge in [-0.05, 0) is 75.0 Å². The van der Waals surface area contributed by atoms with Crippen LogP contribution in [-0.2, 0) is 6.54 Å². The Hall–Kier alpha value is -1.26. The molecule has 4 bridgehead atoms. The molecule has 4 nitrogen and oxygen atoms in total. The van der Waals surface area contributed by atoms with Crippen LogP contribution in [0.3, 0.4) is 0 Å². The fourth-order valence-corrected chi connectivity index (χ4v) is 5.81. The van der Waals surface area contributed by atoms with Crippen LogP contribution in [0.4, 0.5) is 0 Å². The Kier molecular flexibility index (Phi) is 4.00. The normalized spacial score (nSPS) is 36.8. The van der Waals surface area contributed by atoms with Crippen LogP contribution in [0.15, 0.2) is 18.2 Å². The molecule has 4 saturated carbocycles. The highest BCUT2D eigenvalue weighted by atomic mass is 16.5. The van der Waals surface area contributed by atoms with Gasteiger partial charge in [-0.3, -0.25) is 0 Å². The minimum Gasteiger partial charge on any atom is -0.493 e. The third-order valence-corrected chi connectivity index (χ3v) is 6.23. The summed E-state index contributed by atoms with van der Waals surface area (Å²) in [6, 6.07) is 6.16. The maximum Gasteiger partial charge on any atom is 0.161 e. The molecular formula is C20H29NO3. The maximum atomic E-state index is 10.9. The molecule has 4 aliphatic carbocycles. The second kappa shape index (κ2) is 5.92. The summed E-state index contributed by atoms with van der Waals surface area (Å²) in [7, 11) is 1.67. The van der Waals surface area contributed by atoms with Crippen molar-refractivity contribution in [2.24, 2.45) is 11.8 Å². The molecule has 2 atom stereocenters. The molecule has 2 unspecified atom stereocenters. The van der Waals surface area contributed by atoms with E-state index < -0.39 is 5.60 Å². The summed E-state index contributed by atoms with van der Waals surface area (Å²) >= 11 is 0. The lowest BCUT2D eigenvalue weighted by atomic mass is 9.51. The minimum atomic E-state index is -0.409. The Bertz CT molecular complexity index is 601. The van der Waals surface area contributed by atoms with Gasteiger partial charge in [-0.2, -0.15) is 0 Å². The highest BCUT2D eigenvalue weighted by Crippen LogP contribution is 2.57. The zero-order valence-corrected chi connectivity index (χ0v) is 14.8. The largest absolute Gasteiger partial charge is 0.493 e. The van der Waals surface area contributed by atoms with E-state index in [2.05, 4.69) is 17.4 Å². The van der Waals surface area contributed by atoms with E-state index in [4.69, 9.17) is 9.47 Å². The molecule has 132 valence electrons. The van der Waals surface area contributed by atoms with Crippen molar-refractivity contribution < 1.29 is 14.6 Å². The number of hydrogen-bond acceptors (Lipinski definition) is 4. The van der Waals surface area contributed by atoms with Crippen molar-refractivity contribution in [3.8, 4) is 11.5 Å². The van der Waals surface area contributed by atoms with Gasteiger partial charge in [-0.15, -0.1) is 0 Å². The number of aliphatic hydroxyl groups is 1. The van der Waals surface area contributed by atoms with Crippen molar-refractivity contribution in [2.45, 2.75) is 63.1 Å². The van der Waals surface area contributed by atoms with Crippen molar-refractivity contribution in [3.63, 3.8) is 0 Å². The molecule has 0 spiro atoms. The standard InChI is InChI=1S/C20H29NO3/c1-3-24-18-7-14(4-5-17(18)23-2)12-21-19-8-15-6-16(9-19)11-20(22,10-15)13-19/h4-5,7,15-16,21-22H,3,6,8-13H2,1-2H3. The van der Waals surface area contributed by atoms with Crippen molar-refractivity contribution in [1.29, 1.82) is 0 Å². The highest BCUT2D eigenvalue weighted by molar-refractivity contribution is 5.43. The van der Waals surface area contributed by atoms with Gasteiger partial charge in [0.05, 0.1) is 19.3 Å². The van der Waals surface area contributed by atoms with Crippen LogP contribution in [0.5, 0.6) is 11.5 Å². The van der Waals surface area contributed by atoms with E-state index in [1.54, 1.807) is 7.11 Å². The minimum absolute atomic E-state index is 0.130. The lowest BCUT2D eigenvalue weighted by Crippen LogP contribution is -2.64. The molecule has 5 rings (SSSR count). The van der Waals surface area contributed by atoms with Crippen LogP contribution in [0.25, 0.3) is 0 Å². The van der Waals surface area contributed by atoms with E-state index in [0.29, 0.717) is 18.4 Å². The van der Waals surface area contributed by atoms with Crippen LogP contribution in [0.2, 0.25) is 0 Å². The number of rotatable bonds is 6. The summed E-state index contributed by atoms with van der Waals surface area (Å²) in [5.74, 6) is 3.00. The third-order valence-electron chi connectivity index (χ3n) is 6.23. The number of benzene rings is 1. The van der Waals surface area contributed by atoms with Gasteiger partial charge < -0.3 is 19.9 Å². The van der Waals surface area contributed by atoms with Gasteiger partial charge in [0.1, 0.15) is 0 Å². The highest BCUT2D eigenvalue weighted by Gasteiger charge is 2.56. The molecule has 2 N–H and O–H groups in total. The Balaban J connectivity index is 1.48. The van der Waals surface area contributed by atoms with Gasteiger partial charge in [0, 0.05) is 12.1 Å². The molecule has 0 aromatic heterocycles. The number of nitrogens with one attached hydrogen (secondary N) is 1. The molecule has 0 radical (unpaired) electrons. The van der Waals surface area contributed by atoms with E-state index >= 15 is 0 Å². The molecule has 24 heavy (non-hydrogen) atoms. The zero-order valence-electron chi connectivity index (χ0n) is 14.8. The summed E-state index contributed by atoms with van der Waals surface area (Å²) in [5, 5.41) is 14.7. The molecule has 0 aliphatic heterocycles. The van der Waals surface area contributed by atoms with Crippen LogP contribution >= 0.6 is 0 Å². The zero-order chi connectivity index (χ0) is 16.8.